The number of hydrogen-bond acceptors (Lipinski definition) is 5. The van der Waals surface area contributed by atoms with E-state index in [4.69, 9.17) is 4.74 Å². The molecule has 0 aliphatic carbocycles. The molecule has 2 heterocycles. The molecular formula is C20H20N2O2S. The Bertz CT molecular complexity index is 877. The number of nitrogens with zero attached hydrogens (tertiary/aromatic N) is 2. The largest absolute Gasteiger partial charge is 0.497 e. The molecule has 25 heavy (non-hydrogen) atoms. The van der Waals surface area contributed by atoms with Gasteiger partial charge in [-0.2, -0.15) is 0 Å². The average molecular weight is 352 g/mol. The predicted molar refractivity (Wildman–Crippen MR) is 99.6 cm³/mol. The van der Waals surface area contributed by atoms with E-state index in [-0.39, 0.29) is 0 Å². The van der Waals surface area contributed by atoms with Gasteiger partial charge < -0.3 is 9.84 Å². The Hall–Kier alpha value is -2.21. The Labute approximate surface area is 151 Å². The van der Waals surface area contributed by atoms with Crippen LogP contribution in [0.4, 0.5) is 0 Å². The molecule has 1 unspecified atom stereocenters. The van der Waals surface area contributed by atoms with Gasteiger partial charge in [-0.05, 0) is 23.3 Å². The number of β-amino-alcohol motifs (C(OH)–C–C–N with tert-alkyl or cyclic N) is 1. The van der Waals surface area contributed by atoms with Crippen LogP contribution in [-0.4, -0.2) is 28.6 Å². The number of hydrogen-bond donors (Lipinski definition) is 1. The molecular weight excluding hydrogens is 332 g/mol. The number of methoxy groups -OCH3 is 1. The molecule has 1 aliphatic heterocycles. The summed E-state index contributed by atoms with van der Waals surface area (Å²) >= 11 is 1.69. The van der Waals surface area contributed by atoms with Gasteiger partial charge in [-0.3, -0.25) is 4.90 Å². The van der Waals surface area contributed by atoms with E-state index in [0.717, 1.165) is 35.0 Å². The third-order valence-electron chi connectivity index (χ3n) is 4.49. The van der Waals surface area contributed by atoms with Gasteiger partial charge in [-0.15, -0.1) is 11.3 Å². The quantitative estimate of drug-likeness (QED) is 0.774. The molecule has 1 N–H and O–H groups in total. The lowest BCUT2D eigenvalue weighted by atomic mass is 9.97. The SMILES string of the molecule is COc1cccc(-c2ncc(CN3Cc4ccccc4C(O)C3)s2)c1. The molecule has 5 heteroatoms. The number of fused-ring (bicyclic) bond motifs is 1. The third kappa shape index (κ3) is 3.44. The molecule has 0 bridgehead atoms. The fourth-order valence-corrected chi connectivity index (χ4v) is 4.21. The first-order chi connectivity index (χ1) is 12.2. The van der Waals surface area contributed by atoms with E-state index in [9.17, 15) is 5.11 Å². The Morgan fingerprint density at radius 2 is 2.12 bits per heavy atom. The van der Waals surface area contributed by atoms with Gasteiger partial charge in [0.25, 0.3) is 0 Å². The summed E-state index contributed by atoms with van der Waals surface area (Å²) in [7, 11) is 1.67. The van der Waals surface area contributed by atoms with E-state index in [0.29, 0.717) is 6.54 Å². The molecule has 1 atom stereocenters. The fourth-order valence-electron chi connectivity index (χ4n) is 3.26. The van der Waals surface area contributed by atoms with Crippen molar-refractivity contribution in [3.05, 3.63) is 70.7 Å². The first-order valence-electron chi connectivity index (χ1n) is 8.30. The van der Waals surface area contributed by atoms with Crippen molar-refractivity contribution in [3.8, 4) is 16.3 Å². The van der Waals surface area contributed by atoms with Gasteiger partial charge >= 0.3 is 0 Å². The molecule has 0 fully saturated rings. The van der Waals surface area contributed by atoms with Gasteiger partial charge in [0.2, 0.25) is 0 Å². The van der Waals surface area contributed by atoms with E-state index >= 15 is 0 Å². The second-order valence-electron chi connectivity index (χ2n) is 6.25. The van der Waals surface area contributed by atoms with Crippen molar-refractivity contribution in [2.45, 2.75) is 19.2 Å². The molecule has 4 rings (SSSR count). The molecule has 0 radical (unpaired) electrons. The number of benzene rings is 2. The molecule has 0 spiro atoms. The van der Waals surface area contributed by atoms with Crippen molar-refractivity contribution in [1.82, 2.24) is 9.88 Å². The maximum Gasteiger partial charge on any atom is 0.123 e. The average Bonchev–Trinajstić information content (AvgIpc) is 3.10. The third-order valence-corrected chi connectivity index (χ3v) is 5.52. The number of aromatic nitrogens is 1. The minimum absolute atomic E-state index is 0.421. The monoisotopic (exact) mass is 352 g/mol. The highest BCUT2D eigenvalue weighted by Gasteiger charge is 2.23. The van der Waals surface area contributed by atoms with Crippen molar-refractivity contribution < 1.29 is 9.84 Å². The smallest absolute Gasteiger partial charge is 0.123 e. The molecule has 128 valence electrons. The Morgan fingerprint density at radius 3 is 3.00 bits per heavy atom. The molecule has 3 aromatic rings. The number of rotatable bonds is 4. The normalized spacial score (nSPS) is 17.3. The zero-order valence-electron chi connectivity index (χ0n) is 14.1. The van der Waals surface area contributed by atoms with Gasteiger partial charge in [-0.1, -0.05) is 36.4 Å². The van der Waals surface area contributed by atoms with E-state index in [1.54, 1.807) is 18.4 Å². The van der Waals surface area contributed by atoms with Gasteiger partial charge in [0.05, 0.1) is 13.2 Å². The first-order valence-corrected chi connectivity index (χ1v) is 9.12. The van der Waals surface area contributed by atoms with Gasteiger partial charge in [0, 0.05) is 36.3 Å². The Morgan fingerprint density at radius 1 is 1.24 bits per heavy atom. The van der Waals surface area contributed by atoms with Crippen LogP contribution in [0, 0.1) is 0 Å². The van der Waals surface area contributed by atoms with Crippen molar-refractivity contribution >= 4 is 11.3 Å². The zero-order chi connectivity index (χ0) is 17.2. The number of ether oxygens (including phenoxy) is 1. The standard InChI is InChI=1S/C20H20N2O2S/c1-24-16-7-4-6-14(9-16)20-21-10-17(25-20)12-22-11-15-5-2-3-8-18(15)19(23)13-22/h2-10,19,23H,11-13H2,1H3. The highest BCUT2D eigenvalue weighted by atomic mass is 32.1. The van der Waals surface area contributed by atoms with Gasteiger partial charge in [-0.25, -0.2) is 4.98 Å². The lowest BCUT2D eigenvalue weighted by molar-refractivity contribution is 0.0887. The lowest BCUT2D eigenvalue weighted by Gasteiger charge is -2.31. The summed E-state index contributed by atoms with van der Waals surface area (Å²) in [6.45, 7) is 2.32. The van der Waals surface area contributed by atoms with Crippen molar-refractivity contribution in [3.63, 3.8) is 0 Å². The second-order valence-corrected chi connectivity index (χ2v) is 7.36. The number of aliphatic hydroxyl groups excluding tert-OH is 1. The highest BCUT2D eigenvalue weighted by molar-refractivity contribution is 7.15. The topological polar surface area (TPSA) is 45.6 Å². The summed E-state index contributed by atoms with van der Waals surface area (Å²) in [5, 5.41) is 11.4. The number of thiazole rings is 1. The van der Waals surface area contributed by atoms with E-state index < -0.39 is 6.10 Å². The molecule has 2 aromatic carbocycles. The maximum absolute atomic E-state index is 10.4. The van der Waals surface area contributed by atoms with E-state index in [1.165, 1.54) is 10.4 Å². The van der Waals surface area contributed by atoms with Crippen LogP contribution in [0.1, 0.15) is 22.1 Å². The van der Waals surface area contributed by atoms with Crippen LogP contribution in [0.5, 0.6) is 5.75 Å². The van der Waals surface area contributed by atoms with Crippen LogP contribution >= 0.6 is 11.3 Å². The zero-order valence-corrected chi connectivity index (χ0v) is 14.9. The van der Waals surface area contributed by atoms with E-state index in [2.05, 4.69) is 16.0 Å². The van der Waals surface area contributed by atoms with Crippen LogP contribution in [0.25, 0.3) is 10.6 Å². The van der Waals surface area contributed by atoms with Crippen molar-refractivity contribution in [2.24, 2.45) is 0 Å². The minimum atomic E-state index is -0.421. The molecule has 0 amide bonds. The van der Waals surface area contributed by atoms with Crippen molar-refractivity contribution in [1.29, 1.82) is 0 Å². The van der Waals surface area contributed by atoms with Gasteiger partial charge in [0.1, 0.15) is 10.8 Å². The van der Waals surface area contributed by atoms with Crippen molar-refractivity contribution in [2.75, 3.05) is 13.7 Å². The summed E-state index contributed by atoms with van der Waals surface area (Å²) in [5.74, 6) is 0.838. The second kappa shape index (κ2) is 6.96. The Balaban J connectivity index is 1.50. The van der Waals surface area contributed by atoms with Crippen LogP contribution in [0.15, 0.2) is 54.7 Å². The summed E-state index contributed by atoms with van der Waals surface area (Å²) in [6.07, 6.45) is 1.52. The molecule has 1 aliphatic rings. The lowest BCUT2D eigenvalue weighted by Crippen LogP contribution is -2.32. The van der Waals surface area contributed by atoms with E-state index in [1.807, 2.05) is 48.7 Å². The number of aliphatic hydroxyl groups is 1. The predicted octanol–water partition coefficient (Wildman–Crippen LogP) is 3.87. The summed E-state index contributed by atoms with van der Waals surface area (Å²) in [6, 6.07) is 16.1. The van der Waals surface area contributed by atoms with Crippen LogP contribution in [0.2, 0.25) is 0 Å². The van der Waals surface area contributed by atoms with Crippen LogP contribution in [0.3, 0.4) is 0 Å². The molecule has 1 aromatic heterocycles. The molecule has 0 saturated carbocycles. The molecule has 4 nitrogen and oxygen atoms in total. The maximum atomic E-state index is 10.4. The summed E-state index contributed by atoms with van der Waals surface area (Å²) in [4.78, 5) is 8.04. The van der Waals surface area contributed by atoms with Crippen LogP contribution < -0.4 is 4.74 Å². The minimum Gasteiger partial charge on any atom is -0.497 e. The first kappa shape index (κ1) is 16.3. The Kier molecular flexibility index (Phi) is 4.53. The summed E-state index contributed by atoms with van der Waals surface area (Å²) < 4.78 is 5.29. The molecule has 0 saturated heterocycles. The summed E-state index contributed by atoms with van der Waals surface area (Å²) in [5.41, 5.74) is 3.33. The fraction of sp³-hybridized carbons (Fsp3) is 0.250. The van der Waals surface area contributed by atoms with Crippen LogP contribution in [-0.2, 0) is 13.1 Å². The highest BCUT2D eigenvalue weighted by Crippen LogP contribution is 2.31. The van der Waals surface area contributed by atoms with Gasteiger partial charge in [0.15, 0.2) is 0 Å².